The topological polar surface area (TPSA) is 102 Å². The number of benzene rings is 1. The van der Waals surface area contributed by atoms with Crippen LogP contribution in [0.15, 0.2) is 30.5 Å². The highest BCUT2D eigenvalue weighted by atomic mass is 19.3. The number of anilines is 1. The number of carbonyl (C=O) groups excluding carboxylic acids is 1. The van der Waals surface area contributed by atoms with E-state index in [1.807, 2.05) is 12.1 Å². The molecule has 13 heteroatoms. The summed E-state index contributed by atoms with van der Waals surface area (Å²) in [6.45, 7) is 1.68. The molecule has 10 nitrogen and oxygen atoms in total. The summed E-state index contributed by atoms with van der Waals surface area (Å²) < 4.78 is 49.0. The Kier molecular flexibility index (Phi) is 6.37. The van der Waals surface area contributed by atoms with Crippen LogP contribution in [0.25, 0.3) is 27.7 Å². The predicted molar refractivity (Wildman–Crippen MR) is 126 cm³/mol. The van der Waals surface area contributed by atoms with Gasteiger partial charge in [0.2, 0.25) is 17.7 Å². The number of ether oxygens (including phenoxy) is 1. The Balaban J connectivity index is 1.44. The van der Waals surface area contributed by atoms with Gasteiger partial charge in [0.05, 0.1) is 25.2 Å². The van der Waals surface area contributed by atoms with E-state index in [1.165, 1.54) is 16.7 Å². The molecule has 1 amide bonds. The van der Waals surface area contributed by atoms with Gasteiger partial charge in [-0.2, -0.15) is 4.98 Å². The monoisotopic (exact) mass is 502 g/mol. The highest BCUT2D eigenvalue weighted by Gasteiger charge is 2.32. The van der Waals surface area contributed by atoms with Crippen LogP contribution in [-0.2, 0) is 11.3 Å². The van der Waals surface area contributed by atoms with Gasteiger partial charge in [-0.05, 0) is 30.2 Å². The first-order valence-corrected chi connectivity index (χ1v) is 11.6. The highest BCUT2D eigenvalue weighted by molar-refractivity contribution is 5.89. The Labute approximate surface area is 204 Å². The molecular formula is C23H25F3N8O2. The van der Waals surface area contributed by atoms with Gasteiger partial charge in [0.25, 0.3) is 6.43 Å². The molecule has 1 aliphatic rings. The summed E-state index contributed by atoms with van der Waals surface area (Å²) in [6.07, 6.45) is -1.34. The van der Waals surface area contributed by atoms with Crippen molar-refractivity contribution in [1.29, 1.82) is 0 Å². The van der Waals surface area contributed by atoms with Crippen LogP contribution in [0.1, 0.15) is 19.8 Å². The molecule has 0 bridgehead atoms. The van der Waals surface area contributed by atoms with E-state index in [-0.39, 0.29) is 24.3 Å². The number of carbonyl (C=O) groups is 1. The molecule has 1 saturated heterocycles. The number of nitrogens with one attached hydrogen (secondary N) is 1. The van der Waals surface area contributed by atoms with E-state index in [0.717, 1.165) is 11.1 Å². The van der Waals surface area contributed by atoms with Gasteiger partial charge in [-0.1, -0.05) is 18.2 Å². The Morgan fingerprint density at radius 3 is 2.86 bits per heavy atom. The van der Waals surface area contributed by atoms with Gasteiger partial charge in [-0.25, -0.2) is 22.4 Å². The van der Waals surface area contributed by atoms with E-state index in [9.17, 15) is 18.0 Å². The summed E-state index contributed by atoms with van der Waals surface area (Å²) in [4.78, 5) is 17.9. The zero-order chi connectivity index (χ0) is 25.4. The number of aromatic nitrogens is 6. The summed E-state index contributed by atoms with van der Waals surface area (Å²) in [5.41, 5.74) is 3.00. The second-order valence-electron chi connectivity index (χ2n) is 8.58. The van der Waals surface area contributed by atoms with Crippen molar-refractivity contribution in [2.75, 3.05) is 25.5 Å². The van der Waals surface area contributed by atoms with E-state index in [4.69, 9.17) is 4.74 Å². The number of alkyl halides is 3. The first kappa shape index (κ1) is 23.8. The van der Waals surface area contributed by atoms with Crippen LogP contribution in [0.5, 0.6) is 5.88 Å². The Bertz CT molecular complexity index is 1410. The number of nitrogens with zero attached hydrogens (tertiary/aromatic N) is 7. The third kappa shape index (κ3) is 4.40. The van der Waals surface area contributed by atoms with Gasteiger partial charge >= 0.3 is 0 Å². The van der Waals surface area contributed by atoms with Crippen molar-refractivity contribution in [3.05, 3.63) is 30.5 Å². The van der Waals surface area contributed by atoms with Crippen molar-refractivity contribution in [2.45, 2.75) is 44.9 Å². The number of hydrogen-bond donors (Lipinski definition) is 1. The van der Waals surface area contributed by atoms with E-state index in [1.54, 1.807) is 29.8 Å². The zero-order valence-corrected chi connectivity index (χ0v) is 19.7. The molecular weight excluding hydrogens is 477 g/mol. The van der Waals surface area contributed by atoms with Gasteiger partial charge in [0.15, 0.2) is 0 Å². The third-order valence-electron chi connectivity index (χ3n) is 6.32. The van der Waals surface area contributed by atoms with Gasteiger partial charge < -0.3 is 15.0 Å². The molecule has 5 rings (SSSR count). The lowest BCUT2D eigenvalue weighted by Gasteiger charge is -2.34. The van der Waals surface area contributed by atoms with Crippen molar-refractivity contribution < 1.29 is 22.7 Å². The number of halogens is 3. The zero-order valence-electron chi connectivity index (χ0n) is 19.7. The normalized spacial score (nSPS) is 18.3. The van der Waals surface area contributed by atoms with Gasteiger partial charge in [-0.3, -0.25) is 4.79 Å². The lowest BCUT2D eigenvalue weighted by Crippen LogP contribution is -2.50. The number of rotatable bonds is 7. The number of likely N-dealkylation sites (tertiary alicyclic amines) is 1. The number of hydrogen-bond acceptors (Lipinski definition) is 7. The van der Waals surface area contributed by atoms with Crippen LogP contribution < -0.4 is 10.1 Å². The molecule has 4 heterocycles. The van der Waals surface area contributed by atoms with Crippen molar-refractivity contribution in [2.24, 2.45) is 0 Å². The fourth-order valence-electron chi connectivity index (χ4n) is 4.51. The molecule has 4 aromatic rings. The average molecular weight is 503 g/mol. The van der Waals surface area contributed by atoms with Gasteiger partial charge in [0.1, 0.15) is 23.7 Å². The Hall–Kier alpha value is -3.90. The molecule has 2 atom stereocenters. The fraction of sp³-hybridized carbons (Fsp3) is 0.435. The predicted octanol–water partition coefficient (Wildman–Crippen LogP) is 3.18. The molecule has 0 unspecified atom stereocenters. The molecule has 190 valence electrons. The first-order chi connectivity index (χ1) is 17.4. The highest BCUT2D eigenvalue weighted by Crippen LogP contribution is 2.33. The van der Waals surface area contributed by atoms with Crippen LogP contribution in [-0.4, -0.2) is 79.2 Å². The molecule has 1 aromatic carbocycles. The maximum absolute atomic E-state index is 14.8. The largest absolute Gasteiger partial charge is 0.479 e. The first-order valence-electron chi connectivity index (χ1n) is 11.6. The average Bonchev–Trinajstić information content (AvgIpc) is 3.47. The standard InChI is InChI=1S/C23H25F3N8O2/c1-3-20(35)32-8-7-16(15(24)11-32)27-23-28-22(36-2)21-14(6-9-33(21)30-23)13-4-5-17-18(10-13)34(31-29-17)12-19(25)26/h4-6,9-10,15-16,19H,3,7-8,11-12H2,1-2H3,(H,27,30)/t15-,16+/m1/s1. The quantitative estimate of drug-likeness (QED) is 0.414. The SMILES string of the molecule is CCC(=O)N1CC[C@H](Nc2nc(OC)c3c(-c4ccc5nnn(CC(F)F)c5c4)ccn3n2)[C@H](F)C1. The van der Waals surface area contributed by atoms with E-state index < -0.39 is 25.2 Å². The minimum absolute atomic E-state index is 0.0247. The van der Waals surface area contributed by atoms with Crippen LogP contribution in [0.2, 0.25) is 0 Å². The number of methoxy groups -OCH3 is 1. The Morgan fingerprint density at radius 2 is 2.14 bits per heavy atom. The van der Waals surface area contributed by atoms with Crippen LogP contribution in [0, 0.1) is 0 Å². The van der Waals surface area contributed by atoms with Crippen molar-refractivity contribution in [1.82, 2.24) is 34.5 Å². The number of amides is 1. The second-order valence-corrected chi connectivity index (χ2v) is 8.58. The minimum Gasteiger partial charge on any atom is -0.479 e. The molecule has 1 N–H and O–H groups in total. The van der Waals surface area contributed by atoms with Crippen LogP contribution in [0.3, 0.4) is 0 Å². The van der Waals surface area contributed by atoms with Crippen LogP contribution >= 0.6 is 0 Å². The van der Waals surface area contributed by atoms with Gasteiger partial charge in [0, 0.05) is 24.7 Å². The maximum Gasteiger partial charge on any atom is 0.258 e. The summed E-state index contributed by atoms with van der Waals surface area (Å²) in [7, 11) is 1.47. The smallest absolute Gasteiger partial charge is 0.258 e. The van der Waals surface area contributed by atoms with Crippen molar-refractivity contribution in [3.8, 4) is 17.0 Å². The molecule has 1 aliphatic heterocycles. The molecule has 36 heavy (non-hydrogen) atoms. The number of fused-ring (bicyclic) bond motifs is 2. The van der Waals surface area contributed by atoms with Crippen molar-refractivity contribution in [3.63, 3.8) is 0 Å². The van der Waals surface area contributed by atoms with E-state index >= 15 is 0 Å². The lowest BCUT2D eigenvalue weighted by molar-refractivity contribution is -0.133. The van der Waals surface area contributed by atoms with Gasteiger partial charge in [-0.15, -0.1) is 10.2 Å². The van der Waals surface area contributed by atoms with Crippen LogP contribution in [0.4, 0.5) is 19.1 Å². The Morgan fingerprint density at radius 1 is 1.31 bits per heavy atom. The third-order valence-corrected chi connectivity index (χ3v) is 6.32. The van der Waals surface area contributed by atoms with E-state index in [2.05, 4.69) is 25.7 Å². The summed E-state index contributed by atoms with van der Waals surface area (Å²) in [5, 5.41) is 15.3. The summed E-state index contributed by atoms with van der Waals surface area (Å²) in [6, 6.07) is 6.52. The molecule has 1 fully saturated rings. The molecule has 3 aromatic heterocycles. The minimum atomic E-state index is -2.56. The number of piperidine rings is 1. The fourth-order valence-corrected chi connectivity index (χ4v) is 4.51. The second kappa shape index (κ2) is 9.63. The molecule has 0 radical (unpaired) electrons. The molecule has 0 saturated carbocycles. The molecule has 0 spiro atoms. The summed E-state index contributed by atoms with van der Waals surface area (Å²) >= 11 is 0. The maximum atomic E-state index is 14.8. The van der Waals surface area contributed by atoms with Crippen molar-refractivity contribution >= 4 is 28.4 Å². The molecule has 0 aliphatic carbocycles. The van der Waals surface area contributed by atoms with E-state index in [0.29, 0.717) is 35.9 Å². The summed E-state index contributed by atoms with van der Waals surface area (Å²) in [5.74, 6) is 0.390. The lowest BCUT2D eigenvalue weighted by atomic mass is 10.0.